The van der Waals surface area contributed by atoms with Crippen LogP contribution in [0.15, 0.2) is 22.9 Å². The van der Waals surface area contributed by atoms with Crippen molar-refractivity contribution >= 4 is 33.6 Å². The summed E-state index contributed by atoms with van der Waals surface area (Å²) in [6.07, 6.45) is 1.68. The first-order valence-electron chi connectivity index (χ1n) is 5.63. The number of halogens is 1. The van der Waals surface area contributed by atoms with Gasteiger partial charge >= 0.3 is 0 Å². The van der Waals surface area contributed by atoms with Crippen molar-refractivity contribution in [3.05, 3.63) is 28.5 Å². The van der Waals surface area contributed by atoms with E-state index in [1.54, 1.807) is 12.3 Å². The van der Waals surface area contributed by atoms with Crippen molar-refractivity contribution in [1.82, 2.24) is 9.88 Å². The van der Waals surface area contributed by atoms with Crippen LogP contribution >= 0.6 is 27.7 Å². The summed E-state index contributed by atoms with van der Waals surface area (Å²) < 4.78 is 0.628. The average molecular weight is 315 g/mol. The van der Waals surface area contributed by atoms with Crippen molar-refractivity contribution in [3.63, 3.8) is 0 Å². The summed E-state index contributed by atoms with van der Waals surface area (Å²) in [5, 5.41) is 0.997. The van der Waals surface area contributed by atoms with E-state index in [4.69, 9.17) is 0 Å². The number of rotatable bonds is 1. The Labute approximate surface area is 114 Å². The molecule has 0 aliphatic carbocycles. The van der Waals surface area contributed by atoms with Crippen LogP contribution in [0.5, 0.6) is 0 Å². The number of amides is 1. The third-order valence-electron chi connectivity index (χ3n) is 2.70. The van der Waals surface area contributed by atoms with Crippen LogP contribution in [0.1, 0.15) is 24.2 Å². The number of aromatic nitrogens is 1. The van der Waals surface area contributed by atoms with E-state index >= 15 is 0 Å². The molecule has 0 bridgehead atoms. The van der Waals surface area contributed by atoms with Gasteiger partial charge < -0.3 is 4.90 Å². The van der Waals surface area contributed by atoms with Gasteiger partial charge in [0.1, 0.15) is 4.60 Å². The number of carbonyl (C=O) groups is 1. The van der Waals surface area contributed by atoms with Crippen LogP contribution in [-0.2, 0) is 0 Å². The fourth-order valence-corrected chi connectivity index (χ4v) is 3.80. The molecule has 1 amide bonds. The lowest BCUT2D eigenvalue weighted by atomic mass is 10.2. The zero-order chi connectivity index (χ0) is 12.4. The molecule has 2 atom stereocenters. The lowest BCUT2D eigenvalue weighted by Gasteiger charge is -2.34. The standard InChI is InChI=1S/C12H15BrN2OS/c1-8-6-15(7-9(2)17-8)12(16)10-4-3-5-14-11(10)13/h3-5,8-9H,6-7H2,1-2H3. The Kier molecular flexibility index (Phi) is 4.09. The van der Waals surface area contributed by atoms with E-state index in [0.717, 1.165) is 13.1 Å². The van der Waals surface area contributed by atoms with Gasteiger partial charge in [0, 0.05) is 29.8 Å². The second kappa shape index (κ2) is 5.40. The molecule has 0 radical (unpaired) electrons. The minimum absolute atomic E-state index is 0.0731. The molecule has 0 saturated carbocycles. The number of nitrogens with zero attached hydrogens (tertiary/aromatic N) is 2. The van der Waals surface area contributed by atoms with E-state index in [-0.39, 0.29) is 5.91 Å². The second-order valence-electron chi connectivity index (χ2n) is 4.31. The van der Waals surface area contributed by atoms with Crippen molar-refractivity contribution < 1.29 is 4.79 Å². The van der Waals surface area contributed by atoms with Gasteiger partial charge in [-0.05, 0) is 28.1 Å². The minimum atomic E-state index is 0.0731. The van der Waals surface area contributed by atoms with Crippen molar-refractivity contribution in [1.29, 1.82) is 0 Å². The molecule has 2 heterocycles. The van der Waals surface area contributed by atoms with Crippen molar-refractivity contribution in [2.45, 2.75) is 24.3 Å². The smallest absolute Gasteiger partial charge is 0.256 e. The third-order valence-corrected chi connectivity index (χ3v) is 4.56. The Balaban J connectivity index is 2.17. The molecule has 5 heteroatoms. The van der Waals surface area contributed by atoms with Gasteiger partial charge in [-0.25, -0.2) is 4.98 Å². The minimum Gasteiger partial charge on any atom is -0.336 e. The van der Waals surface area contributed by atoms with Crippen LogP contribution in [0.25, 0.3) is 0 Å². The van der Waals surface area contributed by atoms with Gasteiger partial charge in [0.2, 0.25) is 0 Å². The third kappa shape index (κ3) is 3.01. The Morgan fingerprint density at radius 1 is 1.47 bits per heavy atom. The molecule has 3 nitrogen and oxygen atoms in total. The van der Waals surface area contributed by atoms with Gasteiger partial charge in [-0.1, -0.05) is 13.8 Å². The van der Waals surface area contributed by atoms with Crippen LogP contribution in [0, 0.1) is 0 Å². The van der Waals surface area contributed by atoms with Gasteiger partial charge in [0.05, 0.1) is 5.56 Å². The van der Waals surface area contributed by atoms with E-state index in [0.29, 0.717) is 20.7 Å². The number of hydrogen-bond acceptors (Lipinski definition) is 3. The average Bonchev–Trinajstić information content (AvgIpc) is 2.27. The van der Waals surface area contributed by atoms with Crippen LogP contribution < -0.4 is 0 Å². The molecule has 1 fully saturated rings. The molecule has 0 spiro atoms. The highest BCUT2D eigenvalue weighted by Crippen LogP contribution is 2.26. The van der Waals surface area contributed by atoms with E-state index in [1.807, 2.05) is 22.7 Å². The molecule has 1 aliphatic heterocycles. The molecule has 0 aromatic carbocycles. The SMILES string of the molecule is CC1CN(C(=O)c2cccnc2Br)CC(C)S1. The lowest BCUT2D eigenvalue weighted by Crippen LogP contribution is -2.44. The van der Waals surface area contributed by atoms with E-state index in [9.17, 15) is 4.79 Å². The van der Waals surface area contributed by atoms with E-state index in [2.05, 4.69) is 34.8 Å². The Hall–Kier alpha value is -0.550. The summed E-state index contributed by atoms with van der Waals surface area (Å²) in [7, 11) is 0. The molecule has 1 aliphatic rings. The number of pyridine rings is 1. The first-order chi connectivity index (χ1) is 8.08. The normalized spacial score (nSPS) is 24.8. The van der Waals surface area contributed by atoms with Crippen LogP contribution in [0.3, 0.4) is 0 Å². The first-order valence-corrected chi connectivity index (χ1v) is 7.36. The number of hydrogen-bond donors (Lipinski definition) is 0. The predicted octanol–water partition coefficient (Wildman–Crippen LogP) is 2.81. The van der Waals surface area contributed by atoms with Crippen LogP contribution in [-0.4, -0.2) is 39.4 Å². The Bertz CT molecular complexity index is 417. The molecule has 2 unspecified atom stereocenters. The molecular formula is C12H15BrN2OS. The maximum Gasteiger partial charge on any atom is 0.256 e. The summed E-state index contributed by atoms with van der Waals surface area (Å²) in [5.74, 6) is 0.0731. The zero-order valence-corrected chi connectivity index (χ0v) is 12.3. The molecule has 1 aromatic heterocycles. The largest absolute Gasteiger partial charge is 0.336 e. The highest BCUT2D eigenvalue weighted by molar-refractivity contribution is 9.10. The highest BCUT2D eigenvalue weighted by Gasteiger charge is 2.27. The lowest BCUT2D eigenvalue weighted by molar-refractivity contribution is 0.0752. The number of thioether (sulfide) groups is 1. The van der Waals surface area contributed by atoms with Gasteiger partial charge in [-0.2, -0.15) is 11.8 Å². The highest BCUT2D eigenvalue weighted by atomic mass is 79.9. The molecule has 0 N–H and O–H groups in total. The maximum absolute atomic E-state index is 12.4. The topological polar surface area (TPSA) is 33.2 Å². The first kappa shape index (κ1) is 12.9. The quantitative estimate of drug-likeness (QED) is 0.747. The molecule has 92 valence electrons. The van der Waals surface area contributed by atoms with Gasteiger partial charge in [0.25, 0.3) is 5.91 Å². The molecule has 17 heavy (non-hydrogen) atoms. The summed E-state index contributed by atoms with van der Waals surface area (Å²) in [5.41, 5.74) is 0.652. The number of carbonyl (C=O) groups excluding carboxylic acids is 1. The fourth-order valence-electron chi connectivity index (χ4n) is 2.06. The summed E-state index contributed by atoms with van der Waals surface area (Å²) in [4.78, 5) is 18.4. The van der Waals surface area contributed by atoms with Crippen molar-refractivity contribution in [2.24, 2.45) is 0 Å². The molecule has 1 saturated heterocycles. The Morgan fingerprint density at radius 2 is 2.12 bits per heavy atom. The summed E-state index contributed by atoms with van der Waals surface area (Å²) in [6, 6.07) is 3.61. The monoisotopic (exact) mass is 314 g/mol. The molecular weight excluding hydrogens is 300 g/mol. The molecule has 1 aromatic rings. The van der Waals surface area contributed by atoms with Gasteiger partial charge in [-0.15, -0.1) is 0 Å². The zero-order valence-electron chi connectivity index (χ0n) is 9.89. The van der Waals surface area contributed by atoms with Crippen molar-refractivity contribution in [3.8, 4) is 0 Å². The Morgan fingerprint density at radius 3 is 2.71 bits per heavy atom. The van der Waals surface area contributed by atoms with Crippen LogP contribution in [0.4, 0.5) is 0 Å². The second-order valence-corrected chi connectivity index (χ2v) is 6.94. The predicted molar refractivity (Wildman–Crippen MR) is 74.4 cm³/mol. The van der Waals surface area contributed by atoms with Gasteiger partial charge in [0.15, 0.2) is 0 Å². The van der Waals surface area contributed by atoms with Crippen LogP contribution in [0.2, 0.25) is 0 Å². The van der Waals surface area contributed by atoms with E-state index < -0.39 is 0 Å². The fraction of sp³-hybridized carbons (Fsp3) is 0.500. The molecule has 2 rings (SSSR count). The van der Waals surface area contributed by atoms with Crippen molar-refractivity contribution in [2.75, 3.05) is 13.1 Å². The van der Waals surface area contributed by atoms with Gasteiger partial charge in [-0.3, -0.25) is 4.79 Å². The summed E-state index contributed by atoms with van der Waals surface area (Å²) >= 11 is 5.27. The van der Waals surface area contributed by atoms with E-state index in [1.165, 1.54) is 0 Å². The maximum atomic E-state index is 12.4. The summed E-state index contributed by atoms with van der Waals surface area (Å²) in [6.45, 7) is 5.96.